The first-order valence-corrected chi connectivity index (χ1v) is 3.66. The van der Waals surface area contributed by atoms with Crippen LogP contribution in [0.3, 0.4) is 0 Å². The SMILES string of the molecule is CC(C(=O)O)C(C(=O)O)(C(=O)O)C(F)F. The highest BCUT2D eigenvalue weighted by atomic mass is 19.3. The van der Waals surface area contributed by atoms with Crippen molar-refractivity contribution in [3.63, 3.8) is 0 Å². The molecule has 0 heterocycles. The third-order valence-electron chi connectivity index (χ3n) is 2.11. The smallest absolute Gasteiger partial charge is 0.327 e. The second kappa shape index (κ2) is 4.20. The van der Waals surface area contributed by atoms with Gasteiger partial charge in [-0.1, -0.05) is 0 Å². The highest BCUT2D eigenvalue weighted by Crippen LogP contribution is 2.35. The van der Waals surface area contributed by atoms with Crippen molar-refractivity contribution in [3.05, 3.63) is 0 Å². The van der Waals surface area contributed by atoms with Gasteiger partial charge in [-0.05, 0) is 6.92 Å². The number of alkyl halides is 2. The summed E-state index contributed by atoms with van der Waals surface area (Å²) in [6, 6.07) is 0. The van der Waals surface area contributed by atoms with Gasteiger partial charge in [0.2, 0.25) is 5.41 Å². The van der Waals surface area contributed by atoms with E-state index in [4.69, 9.17) is 15.3 Å². The van der Waals surface area contributed by atoms with Gasteiger partial charge in [0, 0.05) is 0 Å². The Bertz CT molecular complexity index is 286. The van der Waals surface area contributed by atoms with Crippen LogP contribution in [0.15, 0.2) is 0 Å². The first kappa shape index (κ1) is 13.3. The molecule has 8 heteroatoms. The third kappa shape index (κ3) is 1.88. The van der Waals surface area contributed by atoms with Crippen LogP contribution in [0, 0.1) is 11.3 Å². The van der Waals surface area contributed by atoms with Crippen LogP contribution in [0.4, 0.5) is 8.78 Å². The number of carbonyl (C=O) groups is 3. The zero-order valence-electron chi connectivity index (χ0n) is 7.48. The molecule has 0 aliphatic rings. The van der Waals surface area contributed by atoms with Crippen molar-refractivity contribution in [1.82, 2.24) is 0 Å². The van der Waals surface area contributed by atoms with Gasteiger partial charge in [-0.3, -0.25) is 14.4 Å². The van der Waals surface area contributed by atoms with Gasteiger partial charge in [0.15, 0.2) is 0 Å². The summed E-state index contributed by atoms with van der Waals surface area (Å²) >= 11 is 0. The largest absolute Gasteiger partial charge is 0.481 e. The Labute approximate surface area is 82.1 Å². The van der Waals surface area contributed by atoms with Gasteiger partial charge in [0.25, 0.3) is 6.43 Å². The molecule has 0 rings (SSSR count). The van der Waals surface area contributed by atoms with Crippen LogP contribution in [0.5, 0.6) is 0 Å². The van der Waals surface area contributed by atoms with Gasteiger partial charge < -0.3 is 15.3 Å². The third-order valence-corrected chi connectivity index (χ3v) is 2.11. The minimum Gasteiger partial charge on any atom is -0.481 e. The van der Waals surface area contributed by atoms with E-state index in [0.717, 1.165) is 0 Å². The van der Waals surface area contributed by atoms with E-state index in [2.05, 4.69) is 0 Å². The monoisotopic (exact) mass is 226 g/mol. The van der Waals surface area contributed by atoms with Crippen molar-refractivity contribution in [1.29, 1.82) is 0 Å². The highest BCUT2D eigenvalue weighted by Gasteiger charge is 2.61. The lowest BCUT2D eigenvalue weighted by atomic mass is 9.76. The molecule has 0 amide bonds. The molecule has 6 nitrogen and oxygen atoms in total. The number of carboxylic acids is 3. The van der Waals surface area contributed by atoms with Crippen LogP contribution in [-0.4, -0.2) is 39.7 Å². The Kier molecular flexibility index (Phi) is 3.71. The summed E-state index contributed by atoms with van der Waals surface area (Å²) in [5.41, 5.74) is -3.62. The summed E-state index contributed by atoms with van der Waals surface area (Å²) in [5.74, 6) is -8.91. The number of carboxylic acid groups (broad SMARTS) is 3. The number of halogens is 2. The fraction of sp³-hybridized carbons (Fsp3) is 0.571. The summed E-state index contributed by atoms with van der Waals surface area (Å²) in [7, 11) is 0. The molecule has 0 radical (unpaired) electrons. The van der Waals surface area contributed by atoms with Gasteiger partial charge in [-0.25, -0.2) is 8.78 Å². The maximum Gasteiger partial charge on any atom is 0.327 e. The minimum absolute atomic E-state index is 0.608. The molecule has 0 aromatic rings. The van der Waals surface area contributed by atoms with E-state index in [9.17, 15) is 23.2 Å². The van der Waals surface area contributed by atoms with Gasteiger partial charge in [0.05, 0.1) is 5.92 Å². The van der Waals surface area contributed by atoms with Gasteiger partial charge in [-0.2, -0.15) is 0 Å². The van der Waals surface area contributed by atoms with Crippen LogP contribution in [0.1, 0.15) is 6.92 Å². The quantitative estimate of drug-likeness (QED) is 0.574. The molecule has 0 aliphatic heterocycles. The van der Waals surface area contributed by atoms with Crippen molar-refractivity contribution in [2.24, 2.45) is 11.3 Å². The van der Waals surface area contributed by atoms with Crippen LogP contribution in [-0.2, 0) is 14.4 Å². The Morgan fingerprint density at radius 3 is 1.47 bits per heavy atom. The predicted molar refractivity (Wildman–Crippen MR) is 40.5 cm³/mol. The number of hydrogen-bond acceptors (Lipinski definition) is 3. The van der Waals surface area contributed by atoms with Gasteiger partial charge >= 0.3 is 17.9 Å². The first-order valence-electron chi connectivity index (χ1n) is 3.66. The lowest BCUT2D eigenvalue weighted by Crippen LogP contribution is -2.52. The van der Waals surface area contributed by atoms with Crippen LogP contribution in [0.2, 0.25) is 0 Å². The summed E-state index contributed by atoms with van der Waals surface area (Å²) < 4.78 is 24.9. The van der Waals surface area contributed by atoms with Crippen LogP contribution >= 0.6 is 0 Å². The average molecular weight is 226 g/mol. The number of rotatable bonds is 5. The molecule has 15 heavy (non-hydrogen) atoms. The Hall–Kier alpha value is -1.73. The van der Waals surface area contributed by atoms with E-state index in [-0.39, 0.29) is 0 Å². The van der Waals surface area contributed by atoms with Gasteiger partial charge in [0.1, 0.15) is 0 Å². The topological polar surface area (TPSA) is 112 Å². The summed E-state index contributed by atoms with van der Waals surface area (Å²) in [4.78, 5) is 31.5. The van der Waals surface area contributed by atoms with Crippen molar-refractivity contribution >= 4 is 17.9 Å². The standard InChI is InChI=1S/C7H8F2O6/c1-2(3(10)11)7(4(8)9,5(12)13)6(14)15/h2,4H,1H3,(H,10,11)(H,12,13)(H,14,15). The Morgan fingerprint density at radius 1 is 1.07 bits per heavy atom. The molecule has 0 saturated heterocycles. The van der Waals surface area contributed by atoms with Crippen molar-refractivity contribution in [2.75, 3.05) is 0 Å². The van der Waals surface area contributed by atoms with Gasteiger partial charge in [-0.15, -0.1) is 0 Å². The molecule has 0 aromatic heterocycles. The summed E-state index contributed by atoms with van der Waals surface area (Å²) in [6.07, 6.45) is -3.82. The number of aliphatic carboxylic acids is 3. The average Bonchev–Trinajstić information content (AvgIpc) is 2.02. The summed E-state index contributed by atoms with van der Waals surface area (Å²) in [5, 5.41) is 25.3. The maximum absolute atomic E-state index is 12.4. The van der Waals surface area contributed by atoms with Crippen molar-refractivity contribution < 1.29 is 38.5 Å². The zero-order chi connectivity index (χ0) is 12.4. The maximum atomic E-state index is 12.4. The lowest BCUT2D eigenvalue weighted by molar-refractivity contribution is -0.188. The Morgan fingerprint density at radius 2 is 1.40 bits per heavy atom. The van der Waals surface area contributed by atoms with Crippen LogP contribution < -0.4 is 0 Å². The molecule has 1 atom stereocenters. The molecule has 1 unspecified atom stereocenters. The normalized spacial score (nSPS) is 13.6. The second-order valence-corrected chi connectivity index (χ2v) is 2.84. The first-order chi connectivity index (χ1) is 6.68. The van der Waals surface area contributed by atoms with Crippen LogP contribution in [0.25, 0.3) is 0 Å². The molecular formula is C7H8F2O6. The van der Waals surface area contributed by atoms with E-state index < -0.39 is 35.7 Å². The molecule has 86 valence electrons. The predicted octanol–water partition coefficient (Wildman–Crippen LogP) is 0.128. The molecule has 0 bridgehead atoms. The second-order valence-electron chi connectivity index (χ2n) is 2.84. The molecule has 0 spiro atoms. The van der Waals surface area contributed by atoms with E-state index in [1.54, 1.807) is 0 Å². The highest BCUT2D eigenvalue weighted by molar-refractivity contribution is 6.02. The van der Waals surface area contributed by atoms with Crippen molar-refractivity contribution in [3.8, 4) is 0 Å². The van der Waals surface area contributed by atoms with E-state index in [0.29, 0.717) is 6.92 Å². The van der Waals surface area contributed by atoms with E-state index in [1.165, 1.54) is 0 Å². The Balaban J connectivity index is 5.63. The fourth-order valence-corrected chi connectivity index (χ4v) is 1.03. The molecule has 0 saturated carbocycles. The fourth-order valence-electron chi connectivity index (χ4n) is 1.03. The molecular weight excluding hydrogens is 218 g/mol. The molecule has 3 N–H and O–H groups in total. The molecule has 0 fully saturated rings. The summed E-state index contributed by atoms with van der Waals surface area (Å²) in [6.45, 7) is 0.608. The molecule has 0 aromatic carbocycles. The zero-order valence-corrected chi connectivity index (χ0v) is 7.48. The van der Waals surface area contributed by atoms with E-state index >= 15 is 0 Å². The minimum atomic E-state index is -3.82. The molecule has 0 aliphatic carbocycles. The lowest BCUT2D eigenvalue weighted by Gasteiger charge is -2.27. The number of hydrogen-bond donors (Lipinski definition) is 3. The van der Waals surface area contributed by atoms with Crippen molar-refractivity contribution in [2.45, 2.75) is 13.3 Å². The van der Waals surface area contributed by atoms with E-state index in [1.807, 2.05) is 0 Å².